The van der Waals surface area contributed by atoms with E-state index < -0.39 is 34.4 Å². The van der Waals surface area contributed by atoms with E-state index >= 15 is 0 Å². The number of fused-ring (bicyclic) bond motifs is 2. The molecule has 0 bridgehead atoms. The summed E-state index contributed by atoms with van der Waals surface area (Å²) in [5.74, 6) is 0.597. The Bertz CT molecular complexity index is 1420. The molecule has 0 unspecified atom stereocenters. The number of rotatable bonds is 8. The van der Waals surface area contributed by atoms with E-state index in [1.165, 1.54) is 17.5 Å². The van der Waals surface area contributed by atoms with Crippen molar-refractivity contribution in [3.8, 4) is 11.5 Å². The fourth-order valence-electron chi connectivity index (χ4n) is 6.12. The Morgan fingerprint density at radius 2 is 1.93 bits per heavy atom. The van der Waals surface area contributed by atoms with Crippen LogP contribution in [0.5, 0.6) is 11.5 Å². The van der Waals surface area contributed by atoms with Crippen LogP contribution in [0.25, 0.3) is 0 Å². The first-order valence-electron chi connectivity index (χ1n) is 16.1. The number of benzene rings is 2. The molecule has 2 fully saturated rings. The van der Waals surface area contributed by atoms with Gasteiger partial charge in [0.25, 0.3) is 0 Å². The highest BCUT2D eigenvalue weighted by molar-refractivity contribution is 7.89. The summed E-state index contributed by atoms with van der Waals surface area (Å²) in [4.78, 5) is 13.2. The Labute approximate surface area is 271 Å². The maximum Gasteiger partial charge on any atom is 0.407 e. The Morgan fingerprint density at radius 3 is 2.74 bits per heavy atom. The summed E-state index contributed by atoms with van der Waals surface area (Å²) in [6.45, 7) is 3.01. The maximum absolute atomic E-state index is 14.4. The molecule has 0 radical (unpaired) electrons. The molecule has 2 N–H and O–H groups in total. The molecule has 12 heteroatoms. The minimum Gasteiger partial charge on any atom is -0.497 e. The fourth-order valence-corrected chi connectivity index (χ4v) is 7.81. The molecule has 0 aromatic heterocycles. The van der Waals surface area contributed by atoms with E-state index in [9.17, 15) is 18.3 Å². The summed E-state index contributed by atoms with van der Waals surface area (Å²) >= 11 is 0. The highest BCUT2D eigenvalue weighted by Gasteiger charge is 2.44. The van der Waals surface area contributed by atoms with E-state index in [-0.39, 0.29) is 54.9 Å². The van der Waals surface area contributed by atoms with E-state index in [1.54, 1.807) is 12.1 Å². The SMILES string of the molecule is COc1ccc2c(c1)OCCCC/C=C/C[C@@H](C)CN(C[C@@H](O)[C@H](Cc1ccccc1)NC(=O)O[C@H]1CO[C@H]3OCC[C@H]31)S2(=O)=O. The molecule has 0 spiro atoms. The summed E-state index contributed by atoms with van der Waals surface area (Å²) in [5.41, 5.74) is 0.869. The zero-order valence-electron chi connectivity index (χ0n) is 26.6. The third kappa shape index (κ3) is 8.80. The van der Waals surface area contributed by atoms with Crippen LogP contribution in [-0.2, 0) is 30.7 Å². The predicted molar refractivity (Wildman–Crippen MR) is 171 cm³/mol. The third-order valence-electron chi connectivity index (χ3n) is 8.71. The van der Waals surface area contributed by atoms with Crippen molar-refractivity contribution in [2.75, 3.05) is 40.0 Å². The van der Waals surface area contributed by atoms with Crippen LogP contribution in [0.3, 0.4) is 0 Å². The number of β-amino-alcohol motifs (C(OH)–C–C–N with tert-alkyl or cyclic N) is 1. The quantitative estimate of drug-likeness (QED) is 0.399. The number of nitrogens with one attached hydrogen (secondary N) is 1. The van der Waals surface area contributed by atoms with Crippen LogP contribution in [-0.4, -0.2) is 88.5 Å². The topological polar surface area (TPSA) is 133 Å². The first-order chi connectivity index (χ1) is 22.2. The minimum atomic E-state index is -4.15. The molecule has 11 nitrogen and oxygen atoms in total. The average Bonchev–Trinajstić information content (AvgIpc) is 3.67. The lowest BCUT2D eigenvalue weighted by Gasteiger charge is -2.31. The maximum atomic E-state index is 14.4. The van der Waals surface area contributed by atoms with Gasteiger partial charge in [-0.1, -0.05) is 49.4 Å². The number of aliphatic hydroxyl groups is 1. The lowest BCUT2D eigenvalue weighted by atomic mass is 10.0. The van der Waals surface area contributed by atoms with Gasteiger partial charge in [0, 0.05) is 19.2 Å². The van der Waals surface area contributed by atoms with Gasteiger partial charge in [0.15, 0.2) is 6.29 Å². The normalized spacial score (nSPS) is 27.2. The van der Waals surface area contributed by atoms with Gasteiger partial charge < -0.3 is 34.1 Å². The van der Waals surface area contributed by atoms with Crippen LogP contribution in [0.2, 0.25) is 0 Å². The van der Waals surface area contributed by atoms with Gasteiger partial charge in [-0.2, -0.15) is 4.31 Å². The number of ether oxygens (including phenoxy) is 5. The van der Waals surface area contributed by atoms with Crippen molar-refractivity contribution in [1.82, 2.24) is 9.62 Å². The molecule has 2 aromatic rings. The number of carbonyl (C=O) groups is 1. The van der Waals surface area contributed by atoms with Crippen molar-refractivity contribution < 1.29 is 42.0 Å². The molecule has 3 aliphatic rings. The molecular formula is C34H46N2O9S. The van der Waals surface area contributed by atoms with Gasteiger partial charge in [0.1, 0.15) is 22.5 Å². The predicted octanol–water partition coefficient (Wildman–Crippen LogP) is 4.29. The largest absolute Gasteiger partial charge is 0.497 e. The van der Waals surface area contributed by atoms with Crippen molar-refractivity contribution in [2.45, 2.75) is 74.9 Å². The van der Waals surface area contributed by atoms with Crippen LogP contribution in [0, 0.1) is 11.8 Å². The number of nitrogens with zero attached hydrogens (tertiary/aromatic N) is 1. The van der Waals surface area contributed by atoms with E-state index in [0.717, 1.165) is 31.2 Å². The Hall–Kier alpha value is -3.16. The van der Waals surface area contributed by atoms with Gasteiger partial charge in [-0.25, -0.2) is 13.2 Å². The Morgan fingerprint density at radius 1 is 1.11 bits per heavy atom. The number of methoxy groups -OCH3 is 1. The Kier molecular flexibility index (Phi) is 12.0. The summed E-state index contributed by atoms with van der Waals surface area (Å²) < 4.78 is 58.3. The van der Waals surface area contributed by atoms with Gasteiger partial charge in [0.2, 0.25) is 10.0 Å². The molecule has 252 valence electrons. The van der Waals surface area contributed by atoms with Crippen LogP contribution in [0.4, 0.5) is 4.79 Å². The molecule has 0 aliphatic carbocycles. The smallest absolute Gasteiger partial charge is 0.407 e. The van der Waals surface area contributed by atoms with E-state index in [1.807, 2.05) is 37.3 Å². The van der Waals surface area contributed by atoms with Crippen molar-refractivity contribution in [2.24, 2.45) is 11.8 Å². The van der Waals surface area contributed by atoms with Crippen molar-refractivity contribution in [1.29, 1.82) is 0 Å². The summed E-state index contributed by atoms with van der Waals surface area (Å²) in [6, 6.07) is 13.2. The van der Waals surface area contributed by atoms with E-state index in [4.69, 9.17) is 23.7 Å². The molecule has 5 rings (SSSR count). The molecule has 2 saturated heterocycles. The second-order valence-electron chi connectivity index (χ2n) is 12.3. The molecule has 0 saturated carbocycles. The van der Waals surface area contributed by atoms with Gasteiger partial charge in [-0.05, 0) is 62.1 Å². The van der Waals surface area contributed by atoms with Crippen LogP contribution in [0.15, 0.2) is 65.6 Å². The first kappa shape index (κ1) is 34.2. The minimum absolute atomic E-state index is 0.00171. The Balaban J connectivity index is 1.40. The molecular weight excluding hydrogens is 612 g/mol. The highest BCUT2D eigenvalue weighted by Crippen LogP contribution is 2.34. The average molecular weight is 659 g/mol. The third-order valence-corrected chi connectivity index (χ3v) is 10.6. The molecule has 46 heavy (non-hydrogen) atoms. The molecule has 1 amide bonds. The van der Waals surface area contributed by atoms with Crippen molar-refractivity contribution in [3.63, 3.8) is 0 Å². The standard InChI is InChI=1S/C34H46N2O9S/c1-24-11-7-4-3-5-10-17-42-30-20-26(41-2)14-15-32(30)46(39,40)36(21-24)22-29(37)28(19-25-12-8-6-9-13-25)35-34(38)45-31-23-44-33-27(31)16-18-43-33/h4,6-9,12-15,20,24,27-29,31,33,37H,3,5,10-11,16-19,21-23H2,1-2H3,(H,35,38)/b7-4+/t24-,27+,28+,29-,31+,33-/m1/s1. The monoisotopic (exact) mass is 658 g/mol. The summed E-state index contributed by atoms with van der Waals surface area (Å²) in [6.07, 6.45) is 5.67. The van der Waals surface area contributed by atoms with Crippen LogP contribution >= 0.6 is 0 Å². The van der Waals surface area contributed by atoms with Gasteiger partial charge in [-0.3, -0.25) is 0 Å². The lowest BCUT2D eigenvalue weighted by molar-refractivity contribution is -0.0907. The number of allylic oxidation sites excluding steroid dienone is 2. The van der Waals surface area contributed by atoms with Crippen molar-refractivity contribution >= 4 is 16.1 Å². The van der Waals surface area contributed by atoms with E-state index in [2.05, 4.69) is 17.5 Å². The molecule has 3 aliphatic heterocycles. The number of aliphatic hydroxyl groups excluding tert-OH is 1. The van der Waals surface area contributed by atoms with E-state index in [0.29, 0.717) is 25.4 Å². The molecule has 3 heterocycles. The lowest BCUT2D eigenvalue weighted by Crippen LogP contribution is -2.51. The van der Waals surface area contributed by atoms with Gasteiger partial charge >= 0.3 is 6.09 Å². The summed E-state index contributed by atoms with van der Waals surface area (Å²) in [5, 5.41) is 14.6. The molecule has 2 aromatic carbocycles. The zero-order valence-corrected chi connectivity index (χ0v) is 27.4. The van der Waals surface area contributed by atoms with Crippen LogP contribution < -0.4 is 14.8 Å². The number of hydrogen-bond acceptors (Lipinski definition) is 9. The number of amides is 1. The second kappa shape index (κ2) is 16.1. The molecule has 6 atom stereocenters. The van der Waals surface area contributed by atoms with Crippen LogP contribution in [0.1, 0.15) is 44.6 Å². The zero-order chi connectivity index (χ0) is 32.5. The number of hydrogen-bond donors (Lipinski definition) is 2. The number of alkyl carbamates (subject to hydrolysis) is 1. The first-order valence-corrected chi connectivity index (χ1v) is 17.6. The summed E-state index contributed by atoms with van der Waals surface area (Å²) in [7, 11) is -2.64. The number of sulfonamides is 1. The van der Waals surface area contributed by atoms with Gasteiger partial charge in [0.05, 0.1) is 45.0 Å². The van der Waals surface area contributed by atoms with Gasteiger partial charge in [-0.15, -0.1) is 0 Å². The fraction of sp³-hybridized carbons (Fsp3) is 0.559. The second-order valence-corrected chi connectivity index (χ2v) is 14.2. The highest BCUT2D eigenvalue weighted by atomic mass is 32.2. The van der Waals surface area contributed by atoms with Crippen molar-refractivity contribution in [3.05, 3.63) is 66.2 Å². The number of carbonyl (C=O) groups excluding carboxylic acids is 1.